The van der Waals surface area contributed by atoms with Gasteiger partial charge in [0.05, 0.1) is 18.1 Å². The predicted octanol–water partition coefficient (Wildman–Crippen LogP) is 2.79. The minimum Gasteiger partial charge on any atom is -0.334 e. The normalized spacial score (nSPS) is 21.5. The summed E-state index contributed by atoms with van der Waals surface area (Å²) in [5.41, 5.74) is 2.44. The third-order valence-electron chi connectivity index (χ3n) is 7.75. The first-order chi connectivity index (χ1) is 17.5. The number of rotatable bonds is 7. The SMILES string of the molecule is CC(C1CC1)N(Cc1ccccc1)C(=O)CN1C(=O)NC2(CCc3cc(-n4nccn4)ccc32)C1=O. The number of hydrogen-bond acceptors (Lipinski definition) is 5. The molecule has 2 fully saturated rings. The Balaban J connectivity index is 1.23. The fourth-order valence-corrected chi connectivity index (χ4v) is 5.55. The molecule has 6 rings (SSSR count). The number of nitrogens with zero attached hydrogens (tertiary/aromatic N) is 5. The zero-order valence-electron chi connectivity index (χ0n) is 20.1. The van der Waals surface area contributed by atoms with E-state index in [0.29, 0.717) is 25.3 Å². The van der Waals surface area contributed by atoms with Crippen molar-refractivity contribution in [1.82, 2.24) is 30.1 Å². The van der Waals surface area contributed by atoms with E-state index in [1.807, 2.05) is 53.4 Å². The lowest BCUT2D eigenvalue weighted by Gasteiger charge is -2.31. The Morgan fingerprint density at radius 2 is 1.89 bits per heavy atom. The molecular formula is C27H28N6O3. The molecule has 1 saturated carbocycles. The molecule has 1 saturated heterocycles. The largest absolute Gasteiger partial charge is 0.334 e. The van der Waals surface area contributed by atoms with Gasteiger partial charge in [-0.2, -0.15) is 15.0 Å². The Bertz CT molecular complexity index is 1320. The highest BCUT2D eigenvalue weighted by atomic mass is 16.2. The van der Waals surface area contributed by atoms with Crippen LogP contribution in [0, 0.1) is 5.92 Å². The molecule has 3 aliphatic rings. The number of fused-ring (bicyclic) bond motifs is 2. The molecule has 2 aromatic carbocycles. The molecule has 3 aromatic rings. The van der Waals surface area contributed by atoms with Gasteiger partial charge in [-0.15, -0.1) is 0 Å². The van der Waals surface area contributed by atoms with Crippen LogP contribution in [-0.4, -0.2) is 55.2 Å². The number of imide groups is 1. The molecule has 36 heavy (non-hydrogen) atoms. The van der Waals surface area contributed by atoms with Crippen LogP contribution in [-0.2, 0) is 28.1 Å². The Morgan fingerprint density at radius 1 is 1.14 bits per heavy atom. The zero-order chi connectivity index (χ0) is 24.9. The van der Waals surface area contributed by atoms with Crippen molar-refractivity contribution in [2.75, 3.05) is 6.54 Å². The average molecular weight is 485 g/mol. The van der Waals surface area contributed by atoms with E-state index in [1.165, 1.54) is 4.80 Å². The van der Waals surface area contributed by atoms with Crippen LogP contribution in [0.2, 0.25) is 0 Å². The Kier molecular flexibility index (Phi) is 5.35. The van der Waals surface area contributed by atoms with E-state index in [-0.39, 0.29) is 24.4 Å². The van der Waals surface area contributed by atoms with Crippen molar-refractivity contribution in [2.24, 2.45) is 5.92 Å². The van der Waals surface area contributed by atoms with Crippen molar-refractivity contribution < 1.29 is 14.4 Å². The van der Waals surface area contributed by atoms with Gasteiger partial charge in [0.1, 0.15) is 12.1 Å². The van der Waals surface area contributed by atoms with Crippen LogP contribution in [0.15, 0.2) is 60.9 Å². The van der Waals surface area contributed by atoms with Crippen LogP contribution in [0.1, 0.15) is 42.9 Å². The van der Waals surface area contributed by atoms with Gasteiger partial charge >= 0.3 is 6.03 Å². The molecule has 2 unspecified atom stereocenters. The van der Waals surface area contributed by atoms with Crippen LogP contribution in [0.25, 0.3) is 5.69 Å². The van der Waals surface area contributed by atoms with Crippen molar-refractivity contribution in [3.63, 3.8) is 0 Å². The summed E-state index contributed by atoms with van der Waals surface area (Å²) in [5.74, 6) is -0.104. The number of amides is 4. The summed E-state index contributed by atoms with van der Waals surface area (Å²) < 4.78 is 0. The molecule has 2 aliphatic carbocycles. The first kappa shape index (κ1) is 22.5. The summed E-state index contributed by atoms with van der Waals surface area (Å²) >= 11 is 0. The molecule has 9 heteroatoms. The minimum atomic E-state index is -1.13. The standard InChI is InChI=1S/C27H28N6O3/c1-18(20-7-8-20)31(16-19-5-3-2-4-6-19)24(34)17-32-25(35)27(30-26(32)36)12-11-21-15-22(9-10-23(21)27)33-28-13-14-29-33/h2-6,9-10,13-15,18,20H,7-8,11-12,16-17H2,1H3,(H,30,36). The molecule has 1 N–H and O–H groups in total. The quantitative estimate of drug-likeness (QED) is 0.520. The number of aromatic nitrogens is 3. The van der Waals surface area contributed by atoms with Gasteiger partial charge in [0.2, 0.25) is 5.91 Å². The molecule has 0 radical (unpaired) electrons. The van der Waals surface area contributed by atoms with Gasteiger partial charge in [-0.05, 0) is 67.3 Å². The summed E-state index contributed by atoms with van der Waals surface area (Å²) in [6, 6.07) is 15.0. The van der Waals surface area contributed by atoms with Crippen molar-refractivity contribution in [2.45, 2.75) is 50.7 Å². The summed E-state index contributed by atoms with van der Waals surface area (Å²) in [5, 5.41) is 11.3. The van der Waals surface area contributed by atoms with Crippen LogP contribution >= 0.6 is 0 Å². The molecule has 9 nitrogen and oxygen atoms in total. The van der Waals surface area contributed by atoms with Crippen LogP contribution < -0.4 is 5.32 Å². The number of urea groups is 1. The maximum atomic E-state index is 13.7. The smallest absolute Gasteiger partial charge is 0.325 e. The van der Waals surface area contributed by atoms with Crippen molar-refractivity contribution in [3.05, 3.63) is 77.6 Å². The van der Waals surface area contributed by atoms with Crippen LogP contribution in [0.3, 0.4) is 0 Å². The number of carbonyl (C=O) groups excluding carboxylic acids is 3. The third kappa shape index (κ3) is 3.75. The fraction of sp³-hybridized carbons (Fsp3) is 0.370. The van der Waals surface area contributed by atoms with Gasteiger partial charge in [-0.1, -0.05) is 36.4 Å². The Hall–Kier alpha value is -4.01. The molecule has 4 amide bonds. The van der Waals surface area contributed by atoms with E-state index in [0.717, 1.165) is 40.1 Å². The van der Waals surface area contributed by atoms with Gasteiger partial charge in [0.25, 0.3) is 5.91 Å². The van der Waals surface area contributed by atoms with Crippen LogP contribution in [0.4, 0.5) is 4.79 Å². The number of aryl methyl sites for hydroxylation is 1. The van der Waals surface area contributed by atoms with E-state index >= 15 is 0 Å². The predicted molar refractivity (Wildman–Crippen MR) is 131 cm³/mol. The molecule has 1 aromatic heterocycles. The van der Waals surface area contributed by atoms with E-state index in [1.54, 1.807) is 12.4 Å². The van der Waals surface area contributed by atoms with Gasteiger partial charge in [-0.25, -0.2) is 4.79 Å². The lowest BCUT2D eigenvalue weighted by Crippen LogP contribution is -2.47. The van der Waals surface area contributed by atoms with E-state index in [2.05, 4.69) is 22.4 Å². The summed E-state index contributed by atoms with van der Waals surface area (Å²) in [6.45, 7) is 2.26. The monoisotopic (exact) mass is 484 g/mol. The van der Waals surface area contributed by atoms with E-state index in [9.17, 15) is 14.4 Å². The van der Waals surface area contributed by atoms with E-state index in [4.69, 9.17) is 0 Å². The first-order valence-electron chi connectivity index (χ1n) is 12.4. The van der Waals surface area contributed by atoms with E-state index < -0.39 is 11.6 Å². The van der Waals surface area contributed by atoms with Crippen molar-refractivity contribution >= 4 is 17.8 Å². The zero-order valence-corrected chi connectivity index (χ0v) is 20.1. The molecular weight excluding hydrogens is 456 g/mol. The van der Waals surface area contributed by atoms with Gasteiger partial charge in [0, 0.05) is 12.6 Å². The third-order valence-corrected chi connectivity index (χ3v) is 7.75. The second-order valence-electron chi connectivity index (χ2n) is 9.97. The summed E-state index contributed by atoms with van der Waals surface area (Å²) in [7, 11) is 0. The Labute approximate surface area is 209 Å². The molecule has 2 heterocycles. The van der Waals surface area contributed by atoms with Gasteiger partial charge in [-0.3, -0.25) is 14.5 Å². The van der Waals surface area contributed by atoms with Crippen molar-refractivity contribution in [1.29, 1.82) is 0 Å². The fourth-order valence-electron chi connectivity index (χ4n) is 5.55. The number of benzene rings is 2. The first-order valence-corrected chi connectivity index (χ1v) is 12.4. The number of hydrogen-bond donors (Lipinski definition) is 1. The van der Waals surface area contributed by atoms with Crippen molar-refractivity contribution in [3.8, 4) is 5.69 Å². The lowest BCUT2D eigenvalue weighted by molar-refractivity contribution is -0.141. The highest BCUT2D eigenvalue weighted by molar-refractivity contribution is 6.10. The number of nitrogens with one attached hydrogen (secondary N) is 1. The molecule has 1 aliphatic heterocycles. The second-order valence-corrected chi connectivity index (χ2v) is 9.97. The number of carbonyl (C=O) groups is 3. The van der Waals surface area contributed by atoms with Gasteiger partial charge in [0.15, 0.2) is 0 Å². The topological polar surface area (TPSA) is 100 Å². The highest BCUT2D eigenvalue weighted by Crippen LogP contribution is 2.42. The average Bonchev–Trinajstić information content (AvgIpc) is 3.39. The highest BCUT2D eigenvalue weighted by Gasteiger charge is 2.56. The summed E-state index contributed by atoms with van der Waals surface area (Å²) in [4.78, 5) is 44.7. The van der Waals surface area contributed by atoms with Gasteiger partial charge < -0.3 is 10.2 Å². The van der Waals surface area contributed by atoms with Crippen LogP contribution in [0.5, 0.6) is 0 Å². The Morgan fingerprint density at radius 3 is 2.61 bits per heavy atom. The maximum Gasteiger partial charge on any atom is 0.325 e. The minimum absolute atomic E-state index is 0.0500. The molecule has 184 valence electrons. The molecule has 2 atom stereocenters. The maximum absolute atomic E-state index is 13.7. The second kappa shape index (κ2) is 8.58. The molecule has 0 bridgehead atoms. The summed E-state index contributed by atoms with van der Waals surface area (Å²) in [6.07, 6.45) is 6.50. The molecule has 1 spiro atoms. The lowest BCUT2D eigenvalue weighted by atomic mass is 9.91.